The van der Waals surface area contributed by atoms with Crippen LogP contribution in [0.15, 0.2) is 41.8 Å². The van der Waals surface area contributed by atoms with Gasteiger partial charge in [-0.05, 0) is 29.3 Å². The molecule has 3 amide bonds. The summed E-state index contributed by atoms with van der Waals surface area (Å²) in [7, 11) is 0. The van der Waals surface area contributed by atoms with E-state index >= 15 is 0 Å². The van der Waals surface area contributed by atoms with E-state index in [-0.39, 0.29) is 18.5 Å². The first-order chi connectivity index (χ1) is 12.5. The fourth-order valence-electron chi connectivity index (χ4n) is 2.66. The topological polar surface area (TPSA) is 74.8 Å². The molecule has 0 aliphatic heterocycles. The van der Waals surface area contributed by atoms with Gasteiger partial charge in [0.05, 0.1) is 4.88 Å². The van der Waals surface area contributed by atoms with E-state index in [1.807, 2.05) is 23.7 Å². The van der Waals surface area contributed by atoms with E-state index in [2.05, 4.69) is 54.8 Å². The number of thiophene rings is 1. The van der Waals surface area contributed by atoms with E-state index in [0.717, 1.165) is 12.0 Å². The highest BCUT2D eigenvalue weighted by Crippen LogP contribution is 2.24. The third kappa shape index (κ3) is 5.97. The first kappa shape index (κ1) is 20.1. The van der Waals surface area contributed by atoms with Crippen molar-refractivity contribution >= 4 is 23.3 Å². The number of hydrogen-bond acceptors (Lipinski definition) is 3. The van der Waals surface area contributed by atoms with Gasteiger partial charge < -0.3 is 10.6 Å². The first-order valence-corrected chi connectivity index (χ1v) is 9.93. The van der Waals surface area contributed by atoms with Crippen molar-refractivity contribution in [1.29, 1.82) is 0 Å². The van der Waals surface area contributed by atoms with Crippen molar-refractivity contribution in [2.75, 3.05) is 13.1 Å². The van der Waals surface area contributed by atoms with Gasteiger partial charge >= 0.3 is 6.03 Å². The molecule has 0 saturated heterocycles. The average Bonchev–Trinajstić information content (AvgIpc) is 3.15. The third-order valence-electron chi connectivity index (χ3n) is 4.14. The Morgan fingerprint density at radius 1 is 1.12 bits per heavy atom. The summed E-state index contributed by atoms with van der Waals surface area (Å²) < 4.78 is 0. The largest absolute Gasteiger partial charge is 0.338 e. The van der Waals surface area contributed by atoms with Crippen molar-refractivity contribution in [3.05, 3.63) is 57.8 Å². The summed E-state index contributed by atoms with van der Waals surface area (Å²) in [5.41, 5.74) is 2.45. The molecule has 1 atom stereocenters. The lowest BCUT2D eigenvalue weighted by Crippen LogP contribution is -2.87. The summed E-state index contributed by atoms with van der Waals surface area (Å²) in [5.74, 6) is 0.194. The molecule has 0 aliphatic rings. The molecule has 0 radical (unpaired) electrons. The molecule has 0 saturated carbocycles. The van der Waals surface area contributed by atoms with E-state index in [1.54, 1.807) is 11.3 Å². The first-order valence-electron chi connectivity index (χ1n) is 9.05. The minimum Gasteiger partial charge on any atom is -0.338 e. The summed E-state index contributed by atoms with van der Waals surface area (Å²) in [6, 6.07) is 12.2. The molecule has 0 fully saturated rings. The molecule has 2 aromatic rings. The predicted octanol–water partition coefficient (Wildman–Crippen LogP) is 2.76. The second-order valence-corrected chi connectivity index (χ2v) is 7.54. The number of imide groups is 1. The molecule has 6 heteroatoms. The summed E-state index contributed by atoms with van der Waals surface area (Å²) in [5, 5.41) is 9.03. The van der Waals surface area contributed by atoms with Crippen LogP contribution in [0.4, 0.5) is 4.79 Å². The highest BCUT2D eigenvalue weighted by atomic mass is 32.1. The zero-order valence-electron chi connectivity index (χ0n) is 15.6. The minimum absolute atomic E-state index is 0.0423. The minimum atomic E-state index is -0.431. The van der Waals surface area contributed by atoms with Crippen LogP contribution in [0, 0.1) is 0 Å². The van der Waals surface area contributed by atoms with Crippen LogP contribution in [0.5, 0.6) is 0 Å². The van der Waals surface area contributed by atoms with Gasteiger partial charge in [0, 0.05) is 12.1 Å². The van der Waals surface area contributed by atoms with Crippen LogP contribution in [0.2, 0.25) is 0 Å². The number of carbonyl (C=O) groups excluding carboxylic acids is 2. The number of urea groups is 1. The van der Waals surface area contributed by atoms with E-state index in [0.29, 0.717) is 12.5 Å². The Bertz CT molecular complexity index is 696. The molecule has 1 aromatic carbocycles. The van der Waals surface area contributed by atoms with E-state index in [9.17, 15) is 9.59 Å². The zero-order valence-corrected chi connectivity index (χ0v) is 16.4. The quantitative estimate of drug-likeness (QED) is 0.665. The average molecular weight is 375 g/mol. The number of benzene rings is 1. The predicted molar refractivity (Wildman–Crippen MR) is 105 cm³/mol. The second kappa shape index (κ2) is 10.1. The lowest BCUT2D eigenvalue weighted by molar-refractivity contribution is -0.676. The maximum absolute atomic E-state index is 12.1. The molecule has 140 valence electrons. The van der Waals surface area contributed by atoms with Crippen LogP contribution in [0.25, 0.3) is 0 Å². The molecule has 26 heavy (non-hydrogen) atoms. The Balaban J connectivity index is 2.02. The number of carbonyl (C=O) groups is 2. The Labute approximate surface area is 159 Å². The number of hydrogen-bond donors (Lipinski definition) is 3. The third-order valence-corrected chi connectivity index (χ3v) is 5.09. The summed E-state index contributed by atoms with van der Waals surface area (Å²) in [6.07, 6.45) is 0.834. The van der Waals surface area contributed by atoms with Gasteiger partial charge in [0.2, 0.25) is 0 Å². The molecular formula is C20H28N3O2S+. The molecule has 0 spiro atoms. The molecular weight excluding hydrogens is 346 g/mol. The zero-order chi connectivity index (χ0) is 18.9. The van der Waals surface area contributed by atoms with E-state index in [1.165, 1.54) is 10.4 Å². The van der Waals surface area contributed by atoms with Crippen molar-refractivity contribution in [3.63, 3.8) is 0 Å². The number of rotatable bonds is 8. The highest BCUT2D eigenvalue weighted by molar-refractivity contribution is 7.10. The van der Waals surface area contributed by atoms with Crippen molar-refractivity contribution in [3.8, 4) is 0 Å². The number of nitrogens with two attached hydrogens (primary N) is 1. The van der Waals surface area contributed by atoms with Gasteiger partial charge in [-0.3, -0.25) is 10.1 Å². The Kier molecular flexibility index (Phi) is 7.81. The maximum Gasteiger partial charge on any atom is 0.321 e. The Morgan fingerprint density at radius 2 is 1.81 bits per heavy atom. The standard InChI is InChI=1S/C20H27N3O2S/c1-4-11-21-20(25)23-18(24)13-22-19(17-6-5-12-26-17)16-9-7-15(8-10-16)14(2)3/h5-10,12,14,19,22H,4,11,13H2,1-3H3,(H2,21,23,24,25)/p+1/t19-/m0/s1. The van der Waals surface area contributed by atoms with Crippen LogP contribution in [-0.4, -0.2) is 25.0 Å². The molecule has 0 aliphatic carbocycles. The summed E-state index contributed by atoms with van der Waals surface area (Å²) >= 11 is 1.67. The maximum atomic E-state index is 12.1. The Hall–Kier alpha value is -2.18. The smallest absolute Gasteiger partial charge is 0.321 e. The molecule has 0 bridgehead atoms. The van der Waals surface area contributed by atoms with Crippen molar-refractivity contribution in [1.82, 2.24) is 10.6 Å². The number of quaternary nitrogens is 1. The summed E-state index contributed by atoms with van der Waals surface area (Å²) in [6.45, 7) is 7.06. The van der Waals surface area contributed by atoms with Gasteiger partial charge in [-0.15, -0.1) is 11.3 Å². The van der Waals surface area contributed by atoms with Gasteiger partial charge in [-0.1, -0.05) is 51.1 Å². The van der Waals surface area contributed by atoms with Crippen LogP contribution >= 0.6 is 11.3 Å². The van der Waals surface area contributed by atoms with E-state index < -0.39 is 6.03 Å². The summed E-state index contributed by atoms with van der Waals surface area (Å²) in [4.78, 5) is 24.9. The SMILES string of the molecule is CCCNC(=O)NC(=O)C[NH2+][C@@H](c1ccc(C(C)C)cc1)c1cccs1. The van der Waals surface area contributed by atoms with Gasteiger partial charge in [0.1, 0.15) is 6.04 Å². The number of nitrogens with one attached hydrogen (secondary N) is 2. The molecule has 1 heterocycles. The normalized spacial score (nSPS) is 12.0. The molecule has 5 nitrogen and oxygen atoms in total. The van der Waals surface area contributed by atoms with Gasteiger partial charge in [0.25, 0.3) is 5.91 Å². The molecule has 2 rings (SSSR count). The highest BCUT2D eigenvalue weighted by Gasteiger charge is 2.21. The molecule has 0 unspecified atom stereocenters. The van der Waals surface area contributed by atoms with Crippen LogP contribution in [0.3, 0.4) is 0 Å². The molecule has 1 aromatic heterocycles. The lowest BCUT2D eigenvalue weighted by Gasteiger charge is -2.16. The van der Waals surface area contributed by atoms with Crippen molar-refractivity contribution in [2.24, 2.45) is 0 Å². The molecule has 4 N–H and O–H groups in total. The van der Waals surface area contributed by atoms with Gasteiger partial charge in [0.15, 0.2) is 6.54 Å². The fourth-order valence-corrected chi connectivity index (χ4v) is 3.51. The van der Waals surface area contributed by atoms with E-state index in [4.69, 9.17) is 0 Å². The monoisotopic (exact) mass is 374 g/mol. The van der Waals surface area contributed by atoms with Crippen LogP contribution < -0.4 is 16.0 Å². The van der Waals surface area contributed by atoms with Gasteiger partial charge in [-0.2, -0.15) is 0 Å². The van der Waals surface area contributed by atoms with Crippen LogP contribution in [-0.2, 0) is 4.79 Å². The lowest BCUT2D eigenvalue weighted by atomic mass is 9.98. The van der Waals surface area contributed by atoms with Crippen molar-refractivity contribution in [2.45, 2.75) is 39.2 Å². The fraction of sp³-hybridized carbons (Fsp3) is 0.400. The second-order valence-electron chi connectivity index (χ2n) is 6.56. The van der Waals surface area contributed by atoms with Gasteiger partial charge in [-0.25, -0.2) is 4.79 Å². The number of amides is 3. The Morgan fingerprint density at radius 3 is 2.38 bits per heavy atom. The van der Waals surface area contributed by atoms with Crippen LogP contribution in [0.1, 0.15) is 55.2 Å². The van der Waals surface area contributed by atoms with Crippen molar-refractivity contribution < 1.29 is 14.9 Å².